The first-order valence-corrected chi connectivity index (χ1v) is 6.98. The molecule has 0 bridgehead atoms. The van der Waals surface area contributed by atoms with E-state index in [9.17, 15) is 0 Å². The minimum Gasteiger partial charge on any atom is -0.495 e. The van der Waals surface area contributed by atoms with Gasteiger partial charge in [-0.05, 0) is 31.6 Å². The van der Waals surface area contributed by atoms with Crippen molar-refractivity contribution < 1.29 is 4.74 Å². The lowest BCUT2D eigenvalue weighted by Crippen LogP contribution is -2.20. The minimum atomic E-state index is 0.461. The summed E-state index contributed by atoms with van der Waals surface area (Å²) >= 11 is 0. The number of rotatable bonds is 4. The summed E-state index contributed by atoms with van der Waals surface area (Å²) in [6.07, 6.45) is 9.02. The fraction of sp³-hybridized carbons (Fsp3) is 0.867. The molecule has 1 nitrogen and oxygen atoms in total. The van der Waals surface area contributed by atoms with Gasteiger partial charge in [-0.2, -0.15) is 0 Å². The quantitative estimate of drug-likeness (QED) is 0.590. The van der Waals surface area contributed by atoms with Crippen LogP contribution in [0.4, 0.5) is 0 Å². The van der Waals surface area contributed by atoms with Crippen molar-refractivity contribution in [1.82, 2.24) is 0 Å². The maximum absolute atomic E-state index is 5.81. The molecule has 1 aliphatic carbocycles. The summed E-state index contributed by atoms with van der Waals surface area (Å²) in [5, 5.41) is 0. The van der Waals surface area contributed by atoms with Gasteiger partial charge < -0.3 is 4.74 Å². The van der Waals surface area contributed by atoms with Gasteiger partial charge in [0, 0.05) is 6.42 Å². The Morgan fingerprint density at radius 2 is 1.88 bits per heavy atom. The molecule has 0 aliphatic heterocycles. The van der Waals surface area contributed by atoms with E-state index in [2.05, 4.69) is 34.3 Å². The first kappa shape index (κ1) is 15.5. The number of ether oxygens (including phenoxy) is 1. The van der Waals surface area contributed by atoms with Gasteiger partial charge in [-0.1, -0.05) is 47.1 Å². The van der Waals surface area contributed by atoms with Gasteiger partial charge in [0.25, 0.3) is 0 Å². The average Bonchev–Trinajstić information content (AvgIpc) is 2.19. The van der Waals surface area contributed by atoms with Crippen LogP contribution >= 0.6 is 0 Å². The van der Waals surface area contributed by atoms with Crippen molar-refractivity contribution in [2.24, 2.45) is 5.92 Å². The van der Waals surface area contributed by atoms with E-state index < -0.39 is 0 Å². The predicted molar refractivity (Wildman–Crippen MR) is 72.5 cm³/mol. The van der Waals surface area contributed by atoms with Crippen molar-refractivity contribution in [1.29, 1.82) is 0 Å². The van der Waals surface area contributed by atoms with E-state index in [4.69, 9.17) is 4.74 Å². The maximum atomic E-state index is 5.81. The lowest BCUT2D eigenvalue weighted by Gasteiger charge is -2.28. The lowest BCUT2D eigenvalue weighted by molar-refractivity contribution is 0.0609. The van der Waals surface area contributed by atoms with E-state index in [-0.39, 0.29) is 0 Å². The van der Waals surface area contributed by atoms with Gasteiger partial charge in [0.2, 0.25) is 0 Å². The van der Waals surface area contributed by atoms with Gasteiger partial charge in [-0.3, -0.25) is 0 Å². The molecule has 0 amide bonds. The highest BCUT2D eigenvalue weighted by Gasteiger charge is 2.19. The van der Waals surface area contributed by atoms with Crippen LogP contribution in [-0.2, 0) is 4.74 Å². The molecule has 0 aromatic rings. The zero-order chi connectivity index (χ0) is 12.4. The first-order valence-electron chi connectivity index (χ1n) is 6.98. The van der Waals surface area contributed by atoms with Crippen LogP contribution in [0.3, 0.4) is 0 Å². The monoisotopic (exact) mass is 226 g/mol. The second-order valence-electron chi connectivity index (χ2n) is 5.01. The van der Waals surface area contributed by atoms with E-state index in [0.29, 0.717) is 6.10 Å². The van der Waals surface area contributed by atoms with E-state index in [1.807, 2.05) is 0 Å². The third kappa shape index (κ3) is 7.78. The topological polar surface area (TPSA) is 9.23 Å². The average molecular weight is 226 g/mol. The number of allylic oxidation sites excluding steroid dienone is 1. The Morgan fingerprint density at radius 1 is 1.25 bits per heavy atom. The molecule has 1 heteroatoms. The molecular weight excluding hydrogens is 196 g/mol. The summed E-state index contributed by atoms with van der Waals surface area (Å²) in [6, 6.07) is 0. The Kier molecular flexibility index (Phi) is 9.46. The molecule has 16 heavy (non-hydrogen) atoms. The van der Waals surface area contributed by atoms with Gasteiger partial charge in [-0.25, -0.2) is 0 Å². The molecule has 2 atom stereocenters. The fourth-order valence-electron chi connectivity index (χ4n) is 2.06. The molecule has 1 rings (SSSR count). The Morgan fingerprint density at radius 3 is 2.38 bits per heavy atom. The molecule has 96 valence electrons. The highest BCUT2D eigenvalue weighted by Crippen LogP contribution is 2.27. The fourth-order valence-corrected chi connectivity index (χ4v) is 2.06. The van der Waals surface area contributed by atoms with Crippen LogP contribution in [0.5, 0.6) is 0 Å². The Labute approximate surface area is 102 Å². The maximum Gasteiger partial charge on any atom is 0.0984 e. The molecule has 0 N–H and O–H groups in total. The van der Waals surface area contributed by atoms with Crippen LogP contribution in [0.15, 0.2) is 12.3 Å². The zero-order valence-electron chi connectivity index (χ0n) is 11.7. The predicted octanol–water partition coefficient (Wildman–Crippen LogP) is 5.31. The van der Waals surface area contributed by atoms with Crippen LogP contribution in [0, 0.1) is 5.92 Å². The van der Waals surface area contributed by atoms with Gasteiger partial charge >= 0.3 is 0 Å². The number of hydrogen-bond donors (Lipinski definition) is 0. The SMILES string of the molecule is C=C(CCC)O[C@H]1CCCC(C)C1.CCC. The van der Waals surface area contributed by atoms with E-state index in [0.717, 1.165) is 24.5 Å². The van der Waals surface area contributed by atoms with Crippen molar-refractivity contribution in [2.45, 2.75) is 78.7 Å². The summed E-state index contributed by atoms with van der Waals surface area (Å²) in [5.41, 5.74) is 0. The molecule has 1 aliphatic rings. The second kappa shape index (κ2) is 9.74. The summed E-state index contributed by atoms with van der Waals surface area (Å²) < 4.78 is 5.81. The summed E-state index contributed by atoms with van der Waals surface area (Å²) in [5.74, 6) is 1.83. The molecule has 1 saturated carbocycles. The van der Waals surface area contributed by atoms with E-state index in [1.165, 1.54) is 32.1 Å². The van der Waals surface area contributed by atoms with Gasteiger partial charge in [0.15, 0.2) is 0 Å². The molecule has 0 spiro atoms. The van der Waals surface area contributed by atoms with Crippen molar-refractivity contribution in [3.63, 3.8) is 0 Å². The van der Waals surface area contributed by atoms with Crippen LogP contribution in [0.2, 0.25) is 0 Å². The molecule has 0 saturated heterocycles. The molecule has 0 aromatic heterocycles. The van der Waals surface area contributed by atoms with Crippen molar-refractivity contribution in [3.8, 4) is 0 Å². The van der Waals surface area contributed by atoms with Crippen LogP contribution < -0.4 is 0 Å². The molecule has 0 radical (unpaired) electrons. The third-order valence-electron chi connectivity index (χ3n) is 2.75. The van der Waals surface area contributed by atoms with E-state index >= 15 is 0 Å². The standard InChI is InChI=1S/C12H22O.C3H8/c1-4-6-11(3)13-12-8-5-7-10(2)9-12;1-3-2/h10,12H,3-9H2,1-2H3;3H2,1-2H3/t10?,12-;/m0./s1. The van der Waals surface area contributed by atoms with Crippen molar-refractivity contribution in [2.75, 3.05) is 0 Å². The lowest BCUT2D eigenvalue weighted by atomic mass is 9.89. The zero-order valence-corrected chi connectivity index (χ0v) is 11.7. The Balaban J connectivity index is 0.000000673. The molecule has 0 aromatic carbocycles. The largest absolute Gasteiger partial charge is 0.495 e. The van der Waals surface area contributed by atoms with Crippen LogP contribution in [-0.4, -0.2) is 6.10 Å². The van der Waals surface area contributed by atoms with Gasteiger partial charge in [0.1, 0.15) is 0 Å². The summed E-state index contributed by atoms with van der Waals surface area (Å²) in [7, 11) is 0. The molecule has 0 heterocycles. The first-order chi connectivity index (χ1) is 7.63. The van der Waals surface area contributed by atoms with E-state index in [1.54, 1.807) is 0 Å². The Bertz CT molecular complexity index is 174. The second-order valence-corrected chi connectivity index (χ2v) is 5.01. The van der Waals surface area contributed by atoms with Crippen LogP contribution in [0.25, 0.3) is 0 Å². The minimum absolute atomic E-state index is 0.461. The van der Waals surface area contributed by atoms with Crippen LogP contribution in [0.1, 0.15) is 72.6 Å². The third-order valence-corrected chi connectivity index (χ3v) is 2.75. The smallest absolute Gasteiger partial charge is 0.0984 e. The van der Waals surface area contributed by atoms with Crippen molar-refractivity contribution >= 4 is 0 Å². The van der Waals surface area contributed by atoms with Gasteiger partial charge in [-0.15, -0.1) is 0 Å². The number of hydrogen-bond acceptors (Lipinski definition) is 1. The highest BCUT2D eigenvalue weighted by atomic mass is 16.5. The Hall–Kier alpha value is -0.460. The van der Waals surface area contributed by atoms with Gasteiger partial charge in [0.05, 0.1) is 11.9 Å². The normalized spacial score (nSPS) is 24.2. The highest BCUT2D eigenvalue weighted by molar-refractivity contribution is 4.84. The molecule has 1 fully saturated rings. The summed E-state index contributed by atoms with van der Waals surface area (Å²) in [6.45, 7) is 12.7. The van der Waals surface area contributed by atoms with Crippen molar-refractivity contribution in [3.05, 3.63) is 12.3 Å². The molecular formula is C15H30O. The summed E-state index contributed by atoms with van der Waals surface area (Å²) in [4.78, 5) is 0. The molecule has 1 unspecified atom stereocenters.